The highest BCUT2D eigenvalue weighted by molar-refractivity contribution is 5.69. The summed E-state index contributed by atoms with van der Waals surface area (Å²) in [6.45, 7) is 3.99. The number of carbonyl (C=O) groups excluding carboxylic acids is 1. The molecule has 0 radical (unpaired) electrons. The topological polar surface area (TPSA) is 44.1 Å². The van der Waals surface area contributed by atoms with Crippen LogP contribution in [0.15, 0.2) is 12.4 Å². The Morgan fingerprint density at radius 1 is 1.82 bits per heavy atom. The lowest BCUT2D eigenvalue weighted by Gasteiger charge is -1.98. The molecule has 0 atom stereocenters. The van der Waals surface area contributed by atoms with E-state index in [9.17, 15) is 4.79 Å². The largest absolute Gasteiger partial charge is 0.448 e. The number of rotatable bonds is 1. The van der Waals surface area contributed by atoms with Gasteiger partial charge < -0.3 is 4.74 Å². The highest BCUT2D eigenvalue weighted by Gasteiger charge is 2.04. The lowest BCUT2D eigenvalue weighted by Crippen LogP contribution is -2.13. The molecule has 0 saturated heterocycles. The molecule has 0 unspecified atom stereocenters. The summed E-state index contributed by atoms with van der Waals surface area (Å²) in [4.78, 5) is 10.9. The Bertz CT molecular complexity index is 255. The third-order valence-corrected chi connectivity index (χ3v) is 1.17. The molecule has 0 amide bonds. The minimum atomic E-state index is -0.430. The van der Waals surface area contributed by atoms with Crippen LogP contribution in [0, 0.1) is 6.92 Å². The van der Waals surface area contributed by atoms with Crippen LogP contribution in [-0.2, 0) is 4.74 Å². The first-order valence-electron chi connectivity index (χ1n) is 3.42. The molecule has 0 aliphatic rings. The zero-order valence-electron chi connectivity index (χ0n) is 6.57. The summed E-state index contributed by atoms with van der Waals surface area (Å²) in [5, 5.41) is 3.78. The van der Waals surface area contributed by atoms with Crippen LogP contribution < -0.4 is 0 Å². The Balaban J connectivity index is 2.69. The van der Waals surface area contributed by atoms with Crippen LogP contribution >= 0.6 is 0 Å². The third kappa shape index (κ3) is 1.80. The summed E-state index contributed by atoms with van der Waals surface area (Å²) in [7, 11) is 0. The van der Waals surface area contributed by atoms with Gasteiger partial charge in [-0.3, -0.25) is 0 Å². The van der Waals surface area contributed by atoms with E-state index in [4.69, 9.17) is 4.74 Å². The molecule has 0 saturated carbocycles. The Labute approximate surface area is 64.8 Å². The molecule has 0 aromatic carbocycles. The fourth-order valence-corrected chi connectivity index (χ4v) is 0.702. The van der Waals surface area contributed by atoms with E-state index >= 15 is 0 Å². The van der Waals surface area contributed by atoms with Crippen molar-refractivity contribution in [3.8, 4) is 0 Å². The van der Waals surface area contributed by atoms with E-state index in [-0.39, 0.29) is 0 Å². The van der Waals surface area contributed by atoms with Crippen LogP contribution in [0.25, 0.3) is 0 Å². The fraction of sp³-hybridized carbons (Fsp3) is 0.429. The van der Waals surface area contributed by atoms with Gasteiger partial charge >= 0.3 is 6.09 Å². The first-order chi connectivity index (χ1) is 5.24. The molecule has 1 aromatic rings. The van der Waals surface area contributed by atoms with Crippen LogP contribution in [0.1, 0.15) is 12.5 Å². The molecule has 0 fully saturated rings. The predicted octanol–water partition coefficient (Wildman–Crippen LogP) is 1.20. The van der Waals surface area contributed by atoms with E-state index in [2.05, 4.69) is 5.10 Å². The number of nitrogens with zero attached hydrogens (tertiary/aromatic N) is 2. The maximum atomic E-state index is 10.9. The van der Waals surface area contributed by atoms with Gasteiger partial charge in [-0.05, 0) is 19.4 Å². The molecule has 4 heteroatoms. The zero-order valence-corrected chi connectivity index (χ0v) is 6.57. The van der Waals surface area contributed by atoms with Gasteiger partial charge in [0.05, 0.1) is 12.8 Å². The molecule has 1 aromatic heterocycles. The van der Waals surface area contributed by atoms with Crippen LogP contribution in [0.2, 0.25) is 0 Å². The molecule has 0 aliphatic heterocycles. The minimum absolute atomic E-state index is 0.373. The molecule has 0 N–H and O–H groups in total. The number of carbonyl (C=O) groups is 1. The van der Waals surface area contributed by atoms with Crippen LogP contribution in [-0.4, -0.2) is 22.5 Å². The number of aromatic nitrogens is 2. The molecule has 60 valence electrons. The van der Waals surface area contributed by atoms with Crippen LogP contribution in [0.3, 0.4) is 0 Å². The summed E-state index contributed by atoms with van der Waals surface area (Å²) in [6.07, 6.45) is 2.80. The number of aryl methyl sites for hydroxylation is 1. The van der Waals surface area contributed by atoms with Gasteiger partial charge in [0.1, 0.15) is 0 Å². The monoisotopic (exact) mass is 154 g/mol. The number of hydrogen-bond acceptors (Lipinski definition) is 3. The van der Waals surface area contributed by atoms with Gasteiger partial charge in [0.15, 0.2) is 0 Å². The standard InChI is InChI=1S/C7H10N2O2/c1-3-11-7(10)9-5-6(2)4-8-9/h4-5H,3H2,1-2H3. The first-order valence-corrected chi connectivity index (χ1v) is 3.42. The van der Waals surface area contributed by atoms with Crippen molar-refractivity contribution in [1.29, 1.82) is 0 Å². The van der Waals surface area contributed by atoms with E-state index in [0.717, 1.165) is 5.56 Å². The summed E-state index contributed by atoms with van der Waals surface area (Å²) in [5.41, 5.74) is 0.943. The van der Waals surface area contributed by atoms with Crippen molar-refractivity contribution >= 4 is 6.09 Å². The van der Waals surface area contributed by atoms with Crippen molar-refractivity contribution in [1.82, 2.24) is 9.78 Å². The maximum Gasteiger partial charge on any atom is 0.434 e. The number of hydrogen-bond donors (Lipinski definition) is 0. The van der Waals surface area contributed by atoms with Crippen LogP contribution in [0.5, 0.6) is 0 Å². The molecule has 1 rings (SSSR count). The average molecular weight is 154 g/mol. The van der Waals surface area contributed by atoms with Gasteiger partial charge in [-0.15, -0.1) is 0 Å². The molecule has 0 bridgehead atoms. The van der Waals surface area contributed by atoms with Crippen molar-refractivity contribution in [2.24, 2.45) is 0 Å². The van der Waals surface area contributed by atoms with Crippen LogP contribution in [0.4, 0.5) is 4.79 Å². The molecule has 1 heterocycles. The van der Waals surface area contributed by atoms with Crippen molar-refractivity contribution in [2.45, 2.75) is 13.8 Å². The van der Waals surface area contributed by atoms with E-state index in [1.54, 1.807) is 19.3 Å². The second kappa shape index (κ2) is 3.18. The van der Waals surface area contributed by atoms with Crippen molar-refractivity contribution < 1.29 is 9.53 Å². The summed E-state index contributed by atoms with van der Waals surface area (Å²) >= 11 is 0. The highest BCUT2D eigenvalue weighted by Crippen LogP contribution is 1.94. The van der Waals surface area contributed by atoms with E-state index < -0.39 is 6.09 Å². The smallest absolute Gasteiger partial charge is 0.434 e. The molecular formula is C7H10N2O2. The summed E-state index contributed by atoms with van der Waals surface area (Å²) < 4.78 is 5.88. The molecule has 11 heavy (non-hydrogen) atoms. The van der Waals surface area contributed by atoms with E-state index in [1.807, 2.05) is 6.92 Å². The summed E-state index contributed by atoms with van der Waals surface area (Å²) in [5.74, 6) is 0. The Kier molecular flexibility index (Phi) is 2.25. The maximum absolute atomic E-state index is 10.9. The second-order valence-electron chi connectivity index (χ2n) is 2.16. The third-order valence-electron chi connectivity index (χ3n) is 1.17. The highest BCUT2D eigenvalue weighted by atomic mass is 16.5. The zero-order chi connectivity index (χ0) is 8.27. The minimum Gasteiger partial charge on any atom is -0.448 e. The van der Waals surface area contributed by atoms with Crippen molar-refractivity contribution in [3.05, 3.63) is 18.0 Å². The van der Waals surface area contributed by atoms with Gasteiger partial charge in [-0.1, -0.05) is 0 Å². The van der Waals surface area contributed by atoms with Gasteiger partial charge in [-0.25, -0.2) is 4.79 Å². The SMILES string of the molecule is CCOC(=O)n1cc(C)cn1. The predicted molar refractivity (Wildman–Crippen MR) is 39.4 cm³/mol. The molecule has 0 aliphatic carbocycles. The van der Waals surface area contributed by atoms with Crippen molar-refractivity contribution in [2.75, 3.05) is 6.61 Å². The van der Waals surface area contributed by atoms with Crippen molar-refractivity contribution in [3.63, 3.8) is 0 Å². The van der Waals surface area contributed by atoms with Gasteiger partial charge in [-0.2, -0.15) is 9.78 Å². The second-order valence-corrected chi connectivity index (χ2v) is 2.16. The molecule has 0 spiro atoms. The molecular weight excluding hydrogens is 144 g/mol. The van der Waals surface area contributed by atoms with Gasteiger partial charge in [0.2, 0.25) is 0 Å². The average Bonchev–Trinajstić information content (AvgIpc) is 2.36. The number of ether oxygens (including phenoxy) is 1. The first kappa shape index (κ1) is 7.78. The normalized spacial score (nSPS) is 9.64. The van der Waals surface area contributed by atoms with E-state index in [0.29, 0.717) is 6.61 Å². The Morgan fingerprint density at radius 2 is 2.55 bits per heavy atom. The van der Waals surface area contributed by atoms with Gasteiger partial charge in [0.25, 0.3) is 0 Å². The lowest BCUT2D eigenvalue weighted by atomic mass is 10.4. The Hall–Kier alpha value is -1.32. The fourth-order valence-electron chi connectivity index (χ4n) is 0.702. The van der Waals surface area contributed by atoms with E-state index in [1.165, 1.54) is 4.68 Å². The quantitative estimate of drug-likeness (QED) is 0.610. The summed E-state index contributed by atoms with van der Waals surface area (Å²) in [6, 6.07) is 0. The lowest BCUT2D eigenvalue weighted by molar-refractivity contribution is 0.150. The van der Waals surface area contributed by atoms with Gasteiger partial charge in [0, 0.05) is 6.20 Å². The Morgan fingerprint density at radius 3 is 3.00 bits per heavy atom. The molecule has 4 nitrogen and oxygen atoms in total.